The minimum atomic E-state index is -0.0265. The quantitative estimate of drug-likeness (QED) is 0.721. The van der Waals surface area contributed by atoms with E-state index in [0.29, 0.717) is 0 Å². The summed E-state index contributed by atoms with van der Waals surface area (Å²) in [5, 5.41) is 11.3. The molecule has 3 aromatic rings. The highest BCUT2D eigenvalue weighted by molar-refractivity contribution is 6.05. The molecule has 0 saturated carbocycles. The molecular weight excluding hydrogens is 212 g/mol. The Labute approximate surface area is 98.8 Å². The number of para-hydroxylation sites is 1. The van der Waals surface area contributed by atoms with E-state index in [0.717, 1.165) is 33.1 Å². The molecule has 0 atom stereocenters. The fourth-order valence-electron chi connectivity index (χ4n) is 2.04. The number of fused-ring (bicyclic) bond motifs is 3. The van der Waals surface area contributed by atoms with E-state index in [4.69, 9.17) is 9.52 Å². The van der Waals surface area contributed by atoms with Crippen molar-refractivity contribution >= 4 is 27.5 Å². The summed E-state index contributed by atoms with van der Waals surface area (Å²) < 4.78 is 5.73. The predicted molar refractivity (Wildman–Crippen MR) is 69.8 cm³/mol. The van der Waals surface area contributed by atoms with E-state index in [1.165, 1.54) is 0 Å². The lowest BCUT2D eigenvalue weighted by atomic mass is 10.0. The Morgan fingerprint density at radius 1 is 1.06 bits per heavy atom. The average Bonchev–Trinajstić information content (AvgIpc) is 2.75. The SMILES string of the molecule is C=C(CO)c1ccc2oc3ccccc3c2c1. The molecule has 0 aliphatic rings. The maximum absolute atomic E-state index is 9.10. The summed E-state index contributed by atoms with van der Waals surface area (Å²) in [7, 11) is 0. The lowest BCUT2D eigenvalue weighted by molar-refractivity contribution is 0.350. The zero-order valence-corrected chi connectivity index (χ0v) is 9.31. The highest BCUT2D eigenvalue weighted by Crippen LogP contribution is 2.30. The van der Waals surface area contributed by atoms with Crippen LogP contribution in [0.25, 0.3) is 27.5 Å². The van der Waals surface area contributed by atoms with Crippen molar-refractivity contribution < 1.29 is 9.52 Å². The van der Waals surface area contributed by atoms with Crippen LogP contribution in [0.2, 0.25) is 0 Å². The Morgan fingerprint density at radius 3 is 2.65 bits per heavy atom. The van der Waals surface area contributed by atoms with Gasteiger partial charge in [-0.2, -0.15) is 0 Å². The first kappa shape index (κ1) is 10.1. The zero-order valence-electron chi connectivity index (χ0n) is 9.31. The number of hydrogen-bond acceptors (Lipinski definition) is 2. The van der Waals surface area contributed by atoms with Crippen molar-refractivity contribution in [2.45, 2.75) is 0 Å². The molecule has 1 heterocycles. The molecule has 2 aromatic carbocycles. The number of rotatable bonds is 2. The molecule has 2 nitrogen and oxygen atoms in total. The minimum absolute atomic E-state index is 0.0265. The van der Waals surface area contributed by atoms with Crippen LogP contribution in [0.15, 0.2) is 53.5 Å². The van der Waals surface area contributed by atoms with E-state index in [1.54, 1.807) is 0 Å². The van der Waals surface area contributed by atoms with Crippen molar-refractivity contribution in [2.75, 3.05) is 6.61 Å². The third kappa shape index (κ3) is 1.54. The molecule has 1 aromatic heterocycles. The van der Waals surface area contributed by atoms with Gasteiger partial charge in [0.25, 0.3) is 0 Å². The summed E-state index contributed by atoms with van der Waals surface area (Å²) in [6.45, 7) is 3.81. The van der Waals surface area contributed by atoms with Gasteiger partial charge in [-0.1, -0.05) is 30.8 Å². The Hall–Kier alpha value is -2.06. The van der Waals surface area contributed by atoms with Crippen molar-refractivity contribution in [1.82, 2.24) is 0 Å². The van der Waals surface area contributed by atoms with Crippen molar-refractivity contribution in [1.29, 1.82) is 0 Å². The molecule has 0 spiro atoms. The van der Waals surface area contributed by atoms with Gasteiger partial charge in [0.05, 0.1) is 6.61 Å². The molecule has 0 saturated heterocycles. The molecule has 0 unspecified atom stereocenters. The van der Waals surface area contributed by atoms with Gasteiger partial charge in [0.15, 0.2) is 0 Å². The van der Waals surface area contributed by atoms with Gasteiger partial charge in [-0.3, -0.25) is 0 Å². The second-order valence-electron chi connectivity index (χ2n) is 4.07. The number of aliphatic hydroxyl groups excluding tert-OH is 1. The summed E-state index contributed by atoms with van der Waals surface area (Å²) in [6.07, 6.45) is 0. The third-order valence-electron chi connectivity index (χ3n) is 2.98. The first-order valence-corrected chi connectivity index (χ1v) is 5.50. The standard InChI is InChI=1S/C15H12O2/c1-10(9-16)11-6-7-15-13(8-11)12-4-2-3-5-14(12)17-15/h2-8,16H,1,9H2. The monoisotopic (exact) mass is 224 g/mol. The average molecular weight is 224 g/mol. The fraction of sp³-hybridized carbons (Fsp3) is 0.0667. The number of hydrogen-bond donors (Lipinski definition) is 1. The molecule has 0 aliphatic carbocycles. The number of benzene rings is 2. The summed E-state index contributed by atoms with van der Waals surface area (Å²) in [6, 6.07) is 13.8. The molecule has 3 rings (SSSR count). The fourth-order valence-corrected chi connectivity index (χ4v) is 2.04. The van der Waals surface area contributed by atoms with E-state index in [1.807, 2.05) is 42.5 Å². The van der Waals surface area contributed by atoms with E-state index in [-0.39, 0.29) is 6.61 Å². The van der Waals surface area contributed by atoms with Gasteiger partial charge in [0.2, 0.25) is 0 Å². The van der Waals surface area contributed by atoms with Gasteiger partial charge in [0.1, 0.15) is 11.2 Å². The van der Waals surface area contributed by atoms with Crippen molar-refractivity contribution in [2.24, 2.45) is 0 Å². The van der Waals surface area contributed by atoms with Crippen LogP contribution in [-0.4, -0.2) is 11.7 Å². The van der Waals surface area contributed by atoms with E-state index in [9.17, 15) is 0 Å². The molecule has 0 aliphatic heterocycles. The second kappa shape index (κ2) is 3.75. The van der Waals surface area contributed by atoms with Gasteiger partial charge in [-0.25, -0.2) is 0 Å². The Balaban J connectivity index is 2.33. The summed E-state index contributed by atoms with van der Waals surface area (Å²) in [4.78, 5) is 0. The first-order valence-electron chi connectivity index (χ1n) is 5.50. The highest BCUT2D eigenvalue weighted by Gasteiger charge is 2.07. The van der Waals surface area contributed by atoms with E-state index < -0.39 is 0 Å². The summed E-state index contributed by atoms with van der Waals surface area (Å²) >= 11 is 0. The lowest BCUT2D eigenvalue weighted by Gasteiger charge is -2.01. The Morgan fingerprint density at radius 2 is 1.82 bits per heavy atom. The number of furan rings is 1. The topological polar surface area (TPSA) is 33.4 Å². The van der Waals surface area contributed by atoms with Crippen molar-refractivity contribution in [3.8, 4) is 0 Å². The number of aliphatic hydroxyl groups is 1. The van der Waals surface area contributed by atoms with Gasteiger partial charge < -0.3 is 9.52 Å². The normalized spacial score (nSPS) is 11.1. The molecule has 0 fully saturated rings. The van der Waals surface area contributed by atoms with E-state index in [2.05, 4.69) is 6.58 Å². The van der Waals surface area contributed by atoms with Gasteiger partial charge in [-0.05, 0) is 29.3 Å². The van der Waals surface area contributed by atoms with E-state index >= 15 is 0 Å². The molecule has 1 N–H and O–H groups in total. The lowest BCUT2D eigenvalue weighted by Crippen LogP contribution is -1.87. The van der Waals surface area contributed by atoms with Gasteiger partial charge >= 0.3 is 0 Å². The van der Waals surface area contributed by atoms with Crippen LogP contribution in [0.3, 0.4) is 0 Å². The molecule has 0 amide bonds. The van der Waals surface area contributed by atoms with Crippen LogP contribution in [0.1, 0.15) is 5.56 Å². The van der Waals surface area contributed by atoms with Gasteiger partial charge in [0, 0.05) is 10.8 Å². The van der Waals surface area contributed by atoms with Gasteiger partial charge in [-0.15, -0.1) is 0 Å². The van der Waals surface area contributed by atoms with Crippen LogP contribution < -0.4 is 0 Å². The maximum Gasteiger partial charge on any atom is 0.135 e. The summed E-state index contributed by atoms with van der Waals surface area (Å²) in [5.41, 5.74) is 3.42. The molecular formula is C15H12O2. The molecule has 84 valence electrons. The highest BCUT2D eigenvalue weighted by atomic mass is 16.3. The zero-order chi connectivity index (χ0) is 11.8. The minimum Gasteiger partial charge on any atom is -0.456 e. The molecule has 0 bridgehead atoms. The predicted octanol–water partition coefficient (Wildman–Crippen LogP) is 3.59. The first-order chi connectivity index (χ1) is 8.29. The Bertz CT molecular complexity index is 707. The Kier molecular flexibility index (Phi) is 2.23. The van der Waals surface area contributed by atoms with Crippen LogP contribution in [0.5, 0.6) is 0 Å². The summed E-state index contributed by atoms with van der Waals surface area (Å²) in [5.74, 6) is 0. The van der Waals surface area contributed by atoms with Crippen molar-refractivity contribution in [3.63, 3.8) is 0 Å². The second-order valence-corrected chi connectivity index (χ2v) is 4.07. The maximum atomic E-state index is 9.10. The van der Waals surface area contributed by atoms with Crippen LogP contribution >= 0.6 is 0 Å². The van der Waals surface area contributed by atoms with Crippen LogP contribution in [-0.2, 0) is 0 Å². The molecule has 0 radical (unpaired) electrons. The third-order valence-corrected chi connectivity index (χ3v) is 2.98. The largest absolute Gasteiger partial charge is 0.456 e. The van der Waals surface area contributed by atoms with Crippen molar-refractivity contribution in [3.05, 3.63) is 54.6 Å². The van der Waals surface area contributed by atoms with Crippen LogP contribution in [0, 0.1) is 0 Å². The molecule has 17 heavy (non-hydrogen) atoms. The smallest absolute Gasteiger partial charge is 0.135 e. The molecule has 2 heteroatoms. The van der Waals surface area contributed by atoms with Crippen LogP contribution in [0.4, 0.5) is 0 Å².